The van der Waals surface area contributed by atoms with Crippen molar-refractivity contribution in [3.05, 3.63) is 34.2 Å². The summed E-state index contributed by atoms with van der Waals surface area (Å²) in [7, 11) is 0. The smallest absolute Gasteiger partial charge is 0.101 e. The van der Waals surface area contributed by atoms with Gasteiger partial charge in [-0.2, -0.15) is 5.26 Å². The van der Waals surface area contributed by atoms with E-state index in [-0.39, 0.29) is 6.61 Å². The summed E-state index contributed by atoms with van der Waals surface area (Å²) < 4.78 is 0.983. The second-order valence-electron chi connectivity index (χ2n) is 3.16. The molecule has 0 spiro atoms. The Bertz CT molecular complexity index is 522. The Labute approximate surface area is 86.0 Å². The van der Waals surface area contributed by atoms with Gasteiger partial charge in [-0.1, -0.05) is 12.1 Å². The number of nitriles is 1. The highest BCUT2D eigenvalue weighted by Gasteiger charge is 2.07. The number of nitrogens with zero attached hydrogens (tertiary/aromatic N) is 1. The highest BCUT2D eigenvalue weighted by Crippen LogP contribution is 2.30. The minimum absolute atomic E-state index is 0.0449. The highest BCUT2D eigenvalue weighted by atomic mass is 32.1. The third-order valence-corrected chi connectivity index (χ3v) is 3.37. The molecule has 2 nitrogen and oxygen atoms in total. The molecular weight excluding hydrogens is 194 g/mol. The van der Waals surface area contributed by atoms with E-state index >= 15 is 0 Å². The van der Waals surface area contributed by atoms with E-state index in [2.05, 4.69) is 6.07 Å². The number of rotatable bonds is 1. The molecule has 0 atom stereocenters. The molecule has 1 aromatic heterocycles. The van der Waals surface area contributed by atoms with Gasteiger partial charge in [0.2, 0.25) is 0 Å². The van der Waals surface area contributed by atoms with Crippen LogP contribution in [0, 0.1) is 18.3 Å². The molecule has 0 amide bonds. The summed E-state index contributed by atoms with van der Waals surface area (Å²) in [5.41, 5.74) is 1.72. The van der Waals surface area contributed by atoms with Gasteiger partial charge in [0, 0.05) is 4.88 Å². The van der Waals surface area contributed by atoms with E-state index in [1.54, 1.807) is 0 Å². The third-order valence-electron chi connectivity index (χ3n) is 2.21. The van der Waals surface area contributed by atoms with Crippen molar-refractivity contribution in [2.45, 2.75) is 13.5 Å². The predicted molar refractivity (Wildman–Crippen MR) is 57.2 cm³/mol. The van der Waals surface area contributed by atoms with Gasteiger partial charge in [-0.3, -0.25) is 0 Å². The topological polar surface area (TPSA) is 44.0 Å². The molecule has 70 valence electrons. The Morgan fingerprint density at radius 2 is 2.29 bits per heavy atom. The van der Waals surface area contributed by atoms with Crippen LogP contribution in [0.5, 0.6) is 0 Å². The van der Waals surface area contributed by atoms with Crippen LogP contribution in [0.3, 0.4) is 0 Å². The second-order valence-corrected chi connectivity index (χ2v) is 4.30. The number of hydrogen-bond donors (Lipinski definition) is 1. The molecule has 0 aliphatic carbocycles. The standard InChI is InChI=1S/C11H9NOS/c1-7-2-3-8-4-9(6-13)14-11(8)10(7)5-12/h2-4,13H,6H2,1H3. The number of aliphatic hydroxyl groups excluding tert-OH is 1. The first-order valence-electron chi connectivity index (χ1n) is 4.29. The molecule has 0 saturated carbocycles. The molecule has 14 heavy (non-hydrogen) atoms. The molecular formula is C11H9NOS. The van der Waals surface area contributed by atoms with Gasteiger partial charge in [0.25, 0.3) is 0 Å². The van der Waals surface area contributed by atoms with Gasteiger partial charge in [-0.25, -0.2) is 0 Å². The van der Waals surface area contributed by atoms with Gasteiger partial charge in [0.1, 0.15) is 6.07 Å². The Kier molecular flexibility index (Phi) is 2.24. The fraction of sp³-hybridized carbons (Fsp3) is 0.182. The number of hydrogen-bond acceptors (Lipinski definition) is 3. The molecule has 3 heteroatoms. The normalized spacial score (nSPS) is 10.4. The first-order chi connectivity index (χ1) is 6.76. The number of fused-ring (bicyclic) bond motifs is 1. The van der Waals surface area contributed by atoms with Gasteiger partial charge < -0.3 is 5.11 Å². The Morgan fingerprint density at radius 3 is 2.93 bits per heavy atom. The summed E-state index contributed by atoms with van der Waals surface area (Å²) in [5.74, 6) is 0. The van der Waals surface area contributed by atoms with Gasteiger partial charge >= 0.3 is 0 Å². The number of benzene rings is 1. The molecule has 0 aliphatic rings. The largest absolute Gasteiger partial charge is 0.391 e. The molecule has 0 saturated heterocycles. The van der Waals surface area contributed by atoms with Crippen molar-refractivity contribution in [1.82, 2.24) is 0 Å². The SMILES string of the molecule is Cc1ccc2cc(CO)sc2c1C#N. The zero-order valence-electron chi connectivity index (χ0n) is 7.74. The first kappa shape index (κ1) is 9.20. The molecule has 0 unspecified atom stereocenters. The summed E-state index contributed by atoms with van der Waals surface area (Å²) in [6.45, 7) is 1.97. The molecule has 1 aromatic carbocycles. The molecule has 2 rings (SSSR count). The van der Waals surface area contributed by atoms with Crippen LogP contribution in [0.15, 0.2) is 18.2 Å². The fourth-order valence-corrected chi connectivity index (χ4v) is 2.54. The molecule has 0 fully saturated rings. The van der Waals surface area contributed by atoms with Crippen LogP contribution in [0.4, 0.5) is 0 Å². The van der Waals surface area contributed by atoms with E-state index in [4.69, 9.17) is 10.4 Å². The quantitative estimate of drug-likeness (QED) is 0.774. The van der Waals surface area contributed by atoms with Crippen LogP contribution < -0.4 is 0 Å². The third kappa shape index (κ3) is 1.29. The summed E-state index contributed by atoms with van der Waals surface area (Å²) in [6, 6.07) is 8.06. The number of aryl methyl sites for hydroxylation is 1. The van der Waals surface area contributed by atoms with Crippen molar-refractivity contribution in [2.75, 3.05) is 0 Å². The van der Waals surface area contributed by atoms with Crippen molar-refractivity contribution in [3.63, 3.8) is 0 Å². The minimum Gasteiger partial charge on any atom is -0.391 e. The van der Waals surface area contributed by atoms with Crippen molar-refractivity contribution >= 4 is 21.4 Å². The lowest BCUT2D eigenvalue weighted by Crippen LogP contribution is -1.80. The highest BCUT2D eigenvalue weighted by molar-refractivity contribution is 7.19. The van der Waals surface area contributed by atoms with Crippen LogP contribution >= 0.6 is 11.3 Å². The zero-order chi connectivity index (χ0) is 10.1. The Hall–Kier alpha value is -1.37. The van der Waals surface area contributed by atoms with Gasteiger partial charge in [-0.05, 0) is 23.9 Å². The van der Waals surface area contributed by atoms with Crippen molar-refractivity contribution in [3.8, 4) is 6.07 Å². The molecule has 2 aromatic rings. The van der Waals surface area contributed by atoms with E-state index in [0.29, 0.717) is 0 Å². The lowest BCUT2D eigenvalue weighted by atomic mass is 10.1. The fourth-order valence-electron chi connectivity index (χ4n) is 1.47. The van der Waals surface area contributed by atoms with E-state index in [0.717, 1.165) is 26.1 Å². The van der Waals surface area contributed by atoms with Crippen LogP contribution in [0.25, 0.3) is 10.1 Å². The summed E-state index contributed by atoms with van der Waals surface area (Å²) in [6.07, 6.45) is 0. The molecule has 0 bridgehead atoms. The van der Waals surface area contributed by atoms with E-state index < -0.39 is 0 Å². The Morgan fingerprint density at radius 1 is 1.50 bits per heavy atom. The summed E-state index contributed by atoms with van der Waals surface area (Å²) in [5, 5.41) is 19.0. The predicted octanol–water partition coefficient (Wildman–Crippen LogP) is 2.57. The number of thiophene rings is 1. The maximum Gasteiger partial charge on any atom is 0.101 e. The summed E-state index contributed by atoms with van der Waals surface area (Å²) >= 11 is 1.49. The van der Waals surface area contributed by atoms with Gasteiger partial charge in [-0.15, -0.1) is 11.3 Å². The van der Waals surface area contributed by atoms with E-state index in [1.807, 2.05) is 25.1 Å². The van der Waals surface area contributed by atoms with Crippen LogP contribution in [0.1, 0.15) is 16.0 Å². The number of aliphatic hydroxyl groups is 1. The average molecular weight is 203 g/mol. The lowest BCUT2D eigenvalue weighted by molar-refractivity contribution is 0.285. The van der Waals surface area contributed by atoms with Crippen LogP contribution in [0.2, 0.25) is 0 Å². The van der Waals surface area contributed by atoms with Crippen molar-refractivity contribution in [1.29, 1.82) is 5.26 Å². The van der Waals surface area contributed by atoms with Crippen molar-refractivity contribution in [2.24, 2.45) is 0 Å². The van der Waals surface area contributed by atoms with E-state index in [1.165, 1.54) is 11.3 Å². The molecule has 1 N–H and O–H groups in total. The summed E-state index contributed by atoms with van der Waals surface area (Å²) in [4.78, 5) is 0.905. The maximum absolute atomic E-state index is 9.00. The molecule has 0 radical (unpaired) electrons. The average Bonchev–Trinajstić information content (AvgIpc) is 2.60. The van der Waals surface area contributed by atoms with Crippen molar-refractivity contribution < 1.29 is 5.11 Å². The molecule has 1 heterocycles. The molecule has 0 aliphatic heterocycles. The lowest BCUT2D eigenvalue weighted by Gasteiger charge is -1.96. The van der Waals surface area contributed by atoms with E-state index in [9.17, 15) is 0 Å². The van der Waals surface area contributed by atoms with Gasteiger partial charge in [0.05, 0.1) is 16.9 Å². The minimum atomic E-state index is 0.0449. The maximum atomic E-state index is 9.00. The zero-order valence-corrected chi connectivity index (χ0v) is 8.56. The monoisotopic (exact) mass is 203 g/mol. The van der Waals surface area contributed by atoms with Crippen LogP contribution in [-0.4, -0.2) is 5.11 Å². The van der Waals surface area contributed by atoms with Crippen LogP contribution in [-0.2, 0) is 6.61 Å². The Balaban J connectivity index is 2.81. The first-order valence-corrected chi connectivity index (χ1v) is 5.11. The van der Waals surface area contributed by atoms with Gasteiger partial charge in [0.15, 0.2) is 0 Å². The second kappa shape index (κ2) is 3.41.